The number of likely N-dealkylation sites (tertiary alicyclic amines) is 1. The zero-order valence-corrected chi connectivity index (χ0v) is 16.0. The minimum Gasteiger partial charge on any atom is -0.497 e. The van der Waals surface area contributed by atoms with Gasteiger partial charge in [0.25, 0.3) is 0 Å². The van der Waals surface area contributed by atoms with Crippen LogP contribution >= 0.6 is 0 Å². The number of ether oxygens (including phenoxy) is 3. The van der Waals surface area contributed by atoms with E-state index < -0.39 is 11.0 Å². The largest absolute Gasteiger partial charge is 0.497 e. The lowest BCUT2D eigenvalue weighted by atomic mass is 9.73. The predicted molar refractivity (Wildman–Crippen MR) is 96.9 cm³/mol. The van der Waals surface area contributed by atoms with Gasteiger partial charge < -0.3 is 24.4 Å². The summed E-state index contributed by atoms with van der Waals surface area (Å²) in [4.78, 5) is 26.8. The molecular weight excluding hydrogens is 336 g/mol. The Morgan fingerprint density at radius 3 is 2.35 bits per heavy atom. The minimum atomic E-state index is -0.689. The first-order chi connectivity index (χ1) is 12.2. The highest BCUT2D eigenvalue weighted by Crippen LogP contribution is 2.50. The second-order valence-corrected chi connectivity index (χ2v) is 7.76. The van der Waals surface area contributed by atoms with Gasteiger partial charge in [-0.3, -0.25) is 4.79 Å². The van der Waals surface area contributed by atoms with E-state index in [2.05, 4.69) is 5.32 Å². The monoisotopic (exact) mass is 362 g/mol. The summed E-state index contributed by atoms with van der Waals surface area (Å²) >= 11 is 0. The maximum atomic E-state index is 12.8. The van der Waals surface area contributed by atoms with E-state index in [0.29, 0.717) is 37.4 Å². The fourth-order valence-corrected chi connectivity index (χ4v) is 3.69. The van der Waals surface area contributed by atoms with E-state index in [0.717, 1.165) is 11.3 Å². The van der Waals surface area contributed by atoms with E-state index in [1.54, 1.807) is 25.2 Å². The third-order valence-electron chi connectivity index (χ3n) is 4.96. The standard InChI is InChI=1S/C19H26N2O5/c1-18(2,3)26-17(23)21-8-6-19(7-9-21)15-13(20-16(19)22)10-12(24-4)11-14(15)25-5/h10-11H,6-9H2,1-5H3,(H,20,22). The molecule has 0 bridgehead atoms. The second-order valence-electron chi connectivity index (χ2n) is 7.76. The van der Waals surface area contributed by atoms with Crippen LogP contribution in [-0.2, 0) is 14.9 Å². The van der Waals surface area contributed by atoms with Gasteiger partial charge in [-0.15, -0.1) is 0 Å². The first-order valence-electron chi connectivity index (χ1n) is 8.76. The number of nitrogens with zero attached hydrogens (tertiary/aromatic N) is 1. The van der Waals surface area contributed by atoms with E-state index in [9.17, 15) is 9.59 Å². The molecule has 0 radical (unpaired) electrons. The van der Waals surface area contributed by atoms with Gasteiger partial charge in [-0.1, -0.05) is 0 Å². The van der Waals surface area contributed by atoms with Crippen molar-refractivity contribution in [3.63, 3.8) is 0 Å². The lowest BCUT2D eigenvalue weighted by molar-refractivity contribution is -0.122. The number of benzene rings is 1. The Morgan fingerprint density at radius 1 is 1.15 bits per heavy atom. The maximum Gasteiger partial charge on any atom is 0.410 e. The quantitative estimate of drug-likeness (QED) is 0.875. The van der Waals surface area contributed by atoms with Gasteiger partial charge in [0.15, 0.2) is 0 Å². The summed E-state index contributed by atoms with van der Waals surface area (Å²) in [7, 11) is 3.16. The second kappa shape index (κ2) is 6.37. The molecule has 1 aromatic carbocycles. The van der Waals surface area contributed by atoms with Crippen molar-refractivity contribution in [3.05, 3.63) is 17.7 Å². The Bertz CT molecular complexity index is 730. The van der Waals surface area contributed by atoms with Gasteiger partial charge in [0.2, 0.25) is 5.91 Å². The fourth-order valence-electron chi connectivity index (χ4n) is 3.69. The van der Waals surface area contributed by atoms with Gasteiger partial charge in [-0.25, -0.2) is 4.79 Å². The van der Waals surface area contributed by atoms with Crippen molar-refractivity contribution in [2.45, 2.75) is 44.6 Å². The highest BCUT2D eigenvalue weighted by Gasteiger charge is 2.51. The SMILES string of the molecule is COc1cc2c(c(OC)c1)C1(CCN(C(=O)OC(C)(C)C)CC1)C(=O)N2. The molecule has 3 rings (SSSR count). The Morgan fingerprint density at radius 2 is 1.81 bits per heavy atom. The number of anilines is 1. The highest BCUT2D eigenvalue weighted by molar-refractivity contribution is 6.07. The number of methoxy groups -OCH3 is 2. The Hall–Kier alpha value is -2.44. The van der Waals surface area contributed by atoms with E-state index in [4.69, 9.17) is 14.2 Å². The van der Waals surface area contributed by atoms with Crippen molar-refractivity contribution in [2.75, 3.05) is 32.6 Å². The molecule has 7 heteroatoms. The summed E-state index contributed by atoms with van der Waals surface area (Å²) < 4.78 is 16.3. The smallest absolute Gasteiger partial charge is 0.410 e. The third-order valence-corrected chi connectivity index (χ3v) is 4.96. The summed E-state index contributed by atoms with van der Waals surface area (Å²) in [6.07, 6.45) is 0.703. The van der Waals surface area contributed by atoms with Gasteiger partial charge in [0, 0.05) is 30.8 Å². The average molecular weight is 362 g/mol. The van der Waals surface area contributed by atoms with Crippen LogP contribution in [0.15, 0.2) is 12.1 Å². The molecule has 1 fully saturated rings. The van der Waals surface area contributed by atoms with Gasteiger partial charge in [0.1, 0.15) is 17.1 Å². The molecule has 2 aliphatic rings. The lowest BCUT2D eigenvalue weighted by Crippen LogP contribution is -2.49. The van der Waals surface area contributed by atoms with Gasteiger partial charge in [-0.05, 0) is 33.6 Å². The van der Waals surface area contributed by atoms with Crippen LogP contribution in [0, 0.1) is 0 Å². The van der Waals surface area contributed by atoms with E-state index in [1.807, 2.05) is 26.8 Å². The molecule has 26 heavy (non-hydrogen) atoms. The van der Waals surface area contributed by atoms with Crippen molar-refractivity contribution in [1.82, 2.24) is 4.90 Å². The van der Waals surface area contributed by atoms with E-state index >= 15 is 0 Å². The normalized spacial score (nSPS) is 18.3. The number of rotatable bonds is 2. The summed E-state index contributed by atoms with van der Waals surface area (Å²) in [5, 5.41) is 2.96. The summed E-state index contributed by atoms with van der Waals surface area (Å²) in [5.74, 6) is 1.20. The van der Waals surface area contributed by atoms with Crippen LogP contribution in [0.2, 0.25) is 0 Å². The van der Waals surface area contributed by atoms with Crippen LogP contribution < -0.4 is 14.8 Å². The third kappa shape index (κ3) is 3.06. The van der Waals surface area contributed by atoms with E-state index in [1.165, 1.54) is 0 Å². The highest BCUT2D eigenvalue weighted by atomic mass is 16.6. The molecule has 0 aliphatic carbocycles. The van der Waals surface area contributed by atoms with Crippen LogP contribution in [0.1, 0.15) is 39.2 Å². The molecule has 2 heterocycles. The minimum absolute atomic E-state index is 0.0529. The van der Waals surface area contributed by atoms with Crippen LogP contribution in [0.5, 0.6) is 11.5 Å². The van der Waals surface area contributed by atoms with Crippen molar-refractivity contribution in [3.8, 4) is 11.5 Å². The molecule has 1 saturated heterocycles. The van der Waals surface area contributed by atoms with Gasteiger partial charge in [0.05, 0.1) is 25.3 Å². The molecule has 1 spiro atoms. The lowest BCUT2D eigenvalue weighted by Gasteiger charge is -2.38. The Balaban J connectivity index is 1.86. The molecule has 1 aromatic rings. The Labute approximate surface area is 153 Å². The van der Waals surface area contributed by atoms with Crippen molar-refractivity contribution in [1.29, 1.82) is 0 Å². The molecule has 0 unspecified atom stereocenters. The number of hydrogen-bond donors (Lipinski definition) is 1. The molecule has 0 atom stereocenters. The summed E-state index contributed by atoms with van der Waals surface area (Å²) in [6.45, 7) is 6.44. The number of nitrogens with one attached hydrogen (secondary N) is 1. The van der Waals surface area contributed by atoms with Crippen LogP contribution in [0.25, 0.3) is 0 Å². The number of carbonyl (C=O) groups is 2. The molecule has 0 aromatic heterocycles. The first kappa shape index (κ1) is 18.4. The van der Waals surface area contributed by atoms with Crippen molar-refractivity contribution >= 4 is 17.7 Å². The summed E-state index contributed by atoms with van der Waals surface area (Å²) in [5.41, 5.74) is 0.348. The fraction of sp³-hybridized carbons (Fsp3) is 0.579. The van der Waals surface area contributed by atoms with E-state index in [-0.39, 0.29) is 12.0 Å². The molecule has 142 valence electrons. The topological polar surface area (TPSA) is 77.1 Å². The molecule has 2 amide bonds. The van der Waals surface area contributed by atoms with Crippen molar-refractivity contribution < 1.29 is 23.8 Å². The average Bonchev–Trinajstić information content (AvgIpc) is 2.85. The van der Waals surface area contributed by atoms with Gasteiger partial charge >= 0.3 is 6.09 Å². The molecule has 2 aliphatic heterocycles. The first-order valence-corrected chi connectivity index (χ1v) is 8.76. The zero-order chi connectivity index (χ0) is 19.1. The number of piperidine rings is 1. The van der Waals surface area contributed by atoms with Gasteiger partial charge in [-0.2, -0.15) is 0 Å². The van der Waals surface area contributed by atoms with Crippen LogP contribution in [0.4, 0.5) is 10.5 Å². The zero-order valence-electron chi connectivity index (χ0n) is 16.0. The number of carbonyl (C=O) groups excluding carboxylic acids is 2. The molecule has 0 saturated carbocycles. The molecular formula is C19H26N2O5. The number of amides is 2. The molecule has 1 N–H and O–H groups in total. The van der Waals surface area contributed by atoms with Crippen molar-refractivity contribution in [2.24, 2.45) is 0 Å². The molecule has 7 nitrogen and oxygen atoms in total. The maximum absolute atomic E-state index is 12.8. The van der Waals surface area contributed by atoms with Crippen LogP contribution in [-0.4, -0.2) is 49.8 Å². The number of hydrogen-bond acceptors (Lipinski definition) is 5. The predicted octanol–water partition coefficient (Wildman–Crippen LogP) is 2.92. The summed E-state index contributed by atoms with van der Waals surface area (Å²) in [6, 6.07) is 3.60. The van der Waals surface area contributed by atoms with Crippen LogP contribution in [0.3, 0.4) is 0 Å². The number of fused-ring (bicyclic) bond motifs is 2. The Kier molecular flexibility index (Phi) is 4.50.